The Hall–Kier alpha value is -1.89. The average Bonchev–Trinajstić information content (AvgIpc) is 2.67. The van der Waals surface area contributed by atoms with Crippen LogP contribution < -0.4 is 5.32 Å². The highest BCUT2D eigenvalue weighted by Gasteiger charge is 2.34. The molecule has 162 valence electrons. The van der Waals surface area contributed by atoms with Crippen molar-refractivity contribution in [3.8, 4) is 0 Å². The van der Waals surface area contributed by atoms with Gasteiger partial charge in [-0.3, -0.25) is 4.79 Å². The Morgan fingerprint density at radius 3 is 2.13 bits per heavy atom. The van der Waals surface area contributed by atoms with Gasteiger partial charge in [0.1, 0.15) is 0 Å². The van der Waals surface area contributed by atoms with Gasteiger partial charge in [0.25, 0.3) is 0 Å². The fraction of sp³-hybridized carbons (Fsp3) is 0.435. The lowest BCUT2D eigenvalue weighted by Gasteiger charge is -2.32. The number of benzene rings is 2. The number of amides is 1. The molecule has 1 atom stereocenters. The van der Waals surface area contributed by atoms with Crippen LogP contribution in [0.25, 0.3) is 0 Å². The van der Waals surface area contributed by atoms with Gasteiger partial charge in [0.15, 0.2) is 0 Å². The molecule has 30 heavy (non-hydrogen) atoms. The second-order valence-electron chi connectivity index (χ2n) is 8.19. The van der Waals surface area contributed by atoms with E-state index in [0.29, 0.717) is 35.8 Å². The number of piperidine rings is 1. The molecule has 1 fully saturated rings. The predicted octanol–water partition coefficient (Wildman–Crippen LogP) is 4.54. The van der Waals surface area contributed by atoms with E-state index in [1.807, 2.05) is 52.0 Å². The van der Waals surface area contributed by atoms with Gasteiger partial charge in [-0.05, 0) is 69.4 Å². The molecule has 0 spiro atoms. The lowest BCUT2D eigenvalue weighted by molar-refractivity contribution is -0.126. The lowest BCUT2D eigenvalue weighted by Crippen LogP contribution is -2.43. The summed E-state index contributed by atoms with van der Waals surface area (Å²) in [6.07, 6.45) is 1.03. The number of hydrogen-bond donors (Lipinski definition) is 1. The first-order valence-corrected chi connectivity index (χ1v) is 12.0. The second kappa shape index (κ2) is 9.08. The van der Waals surface area contributed by atoms with Crippen molar-refractivity contribution < 1.29 is 13.2 Å². The standard InChI is InChI=1S/C23H29ClN2O3S/c1-15-13-16(2)22(17(3)14-15)30(28,29)26-11-9-20(10-12-26)23(27)25-18(4)19-5-7-21(24)8-6-19/h5-8,13-14,18,20H,9-12H2,1-4H3,(H,25,27)/t18-/m1/s1. The number of nitrogens with zero attached hydrogens (tertiary/aromatic N) is 1. The summed E-state index contributed by atoms with van der Waals surface area (Å²) in [6, 6.07) is 11.1. The average molecular weight is 449 g/mol. The maximum Gasteiger partial charge on any atom is 0.243 e. The maximum absolute atomic E-state index is 13.2. The Labute approximate surface area is 184 Å². The van der Waals surface area contributed by atoms with Crippen LogP contribution in [0.15, 0.2) is 41.3 Å². The zero-order chi connectivity index (χ0) is 22.1. The largest absolute Gasteiger partial charge is 0.349 e. The van der Waals surface area contributed by atoms with Gasteiger partial charge in [0.2, 0.25) is 15.9 Å². The molecular weight excluding hydrogens is 420 g/mol. The third-order valence-electron chi connectivity index (χ3n) is 5.76. The SMILES string of the molecule is Cc1cc(C)c(S(=O)(=O)N2CCC(C(=O)N[C@H](C)c3ccc(Cl)cc3)CC2)c(C)c1. The quantitative estimate of drug-likeness (QED) is 0.729. The van der Waals surface area contributed by atoms with Crippen LogP contribution in [0.4, 0.5) is 0 Å². The van der Waals surface area contributed by atoms with Crippen LogP contribution in [0, 0.1) is 26.7 Å². The van der Waals surface area contributed by atoms with Crippen LogP contribution in [0.3, 0.4) is 0 Å². The fourth-order valence-electron chi connectivity index (χ4n) is 4.23. The molecule has 1 N–H and O–H groups in total. The summed E-state index contributed by atoms with van der Waals surface area (Å²) in [6.45, 7) is 8.27. The smallest absolute Gasteiger partial charge is 0.243 e. The van der Waals surface area contributed by atoms with E-state index < -0.39 is 10.0 Å². The Morgan fingerprint density at radius 2 is 1.60 bits per heavy atom. The van der Waals surface area contributed by atoms with E-state index in [4.69, 9.17) is 11.6 Å². The molecule has 0 aliphatic carbocycles. The Kier molecular flexibility index (Phi) is 6.90. The number of aryl methyl sites for hydroxylation is 3. The highest BCUT2D eigenvalue weighted by atomic mass is 35.5. The molecule has 1 aliphatic rings. The number of rotatable bonds is 5. The Morgan fingerprint density at radius 1 is 1.07 bits per heavy atom. The van der Waals surface area contributed by atoms with Crippen molar-refractivity contribution in [3.05, 3.63) is 63.7 Å². The summed E-state index contributed by atoms with van der Waals surface area (Å²) >= 11 is 5.92. The molecule has 0 bridgehead atoms. The number of carbonyl (C=O) groups excluding carboxylic acids is 1. The van der Waals surface area contributed by atoms with Crippen LogP contribution in [0.2, 0.25) is 5.02 Å². The number of halogens is 1. The maximum atomic E-state index is 13.2. The number of hydrogen-bond acceptors (Lipinski definition) is 3. The molecule has 0 radical (unpaired) electrons. The van der Waals surface area contributed by atoms with Crippen LogP contribution in [0.5, 0.6) is 0 Å². The summed E-state index contributed by atoms with van der Waals surface area (Å²) in [5, 5.41) is 3.70. The van der Waals surface area contributed by atoms with Crippen LogP contribution in [-0.2, 0) is 14.8 Å². The minimum Gasteiger partial charge on any atom is -0.349 e. The van der Waals surface area contributed by atoms with Crippen molar-refractivity contribution in [1.82, 2.24) is 9.62 Å². The van der Waals surface area contributed by atoms with Crippen molar-refractivity contribution >= 4 is 27.5 Å². The molecule has 5 nitrogen and oxygen atoms in total. The predicted molar refractivity (Wildman–Crippen MR) is 120 cm³/mol. The third kappa shape index (κ3) is 4.88. The first kappa shape index (κ1) is 22.8. The summed E-state index contributed by atoms with van der Waals surface area (Å²) in [4.78, 5) is 13.1. The van der Waals surface area contributed by atoms with E-state index in [2.05, 4.69) is 5.32 Å². The Balaban J connectivity index is 1.64. The minimum absolute atomic E-state index is 0.0304. The van der Waals surface area contributed by atoms with Crippen molar-refractivity contribution in [3.63, 3.8) is 0 Å². The number of carbonyl (C=O) groups is 1. The fourth-order valence-corrected chi connectivity index (χ4v) is 6.23. The summed E-state index contributed by atoms with van der Waals surface area (Å²) in [5.41, 5.74) is 3.57. The highest BCUT2D eigenvalue weighted by Crippen LogP contribution is 2.29. The van der Waals surface area contributed by atoms with Gasteiger partial charge < -0.3 is 5.32 Å². The molecule has 2 aromatic carbocycles. The number of sulfonamides is 1. The zero-order valence-corrected chi connectivity index (χ0v) is 19.5. The molecule has 0 aromatic heterocycles. The summed E-state index contributed by atoms with van der Waals surface area (Å²) in [7, 11) is -3.57. The lowest BCUT2D eigenvalue weighted by atomic mass is 9.96. The first-order chi connectivity index (χ1) is 14.1. The number of nitrogens with one attached hydrogen (secondary N) is 1. The van der Waals surface area contributed by atoms with Gasteiger partial charge >= 0.3 is 0 Å². The summed E-state index contributed by atoms with van der Waals surface area (Å²) < 4.78 is 28.0. The molecule has 1 amide bonds. The van der Waals surface area contributed by atoms with E-state index in [0.717, 1.165) is 22.3 Å². The van der Waals surface area contributed by atoms with Crippen LogP contribution >= 0.6 is 11.6 Å². The van der Waals surface area contributed by atoms with E-state index in [1.54, 1.807) is 12.1 Å². The van der Waals surface area contributed by atoms with Gasteiger partial charge in [-0.15, -0.1) is 0 Å². The van der Waals surface area contributed by atoms with Gasteiger partial charge in [-0.25, -0.2) is 8.42 Å². The molecule has 3 rings (SSSR count). The molecule has 0 unspecified atom stereocenters. The second-order valence-corrected chi connectivity index (χ2v) is 10.5. The van der Waals surface area contributed by atoms with Crippen molar-refractivity contribution in [2.45, 2.75) is 51.5 Å². The molecular formula is C23H29ClN2O3S. The first-order valence-electron chi connectivity index (χ1n) is 10.2. The third-order valence-corrected chi connectivity index (χ3v) is 8.21. The van der Waals surface area contributed by atoms with Gasteiger partial charge in [-0.1, -0.05) is 41.4 Å². The minimum atomic E-state index is -3.57. The van der Waals surface area contributed by atoms with Crippen LogP contribution in [-0.4, -0.2) is 31.7 Å². The van der Waals surface area contributed by atoms with E-state index in [9.17, 15) is 13.2 Å². The van der Waals surface area contributed by atoms with Crippen LogP contribution in [0.1, 0.15) is 48.1 Å². The highest BCUT2D eigenvalue weighted by molar-refractivity contribution is 7.89. The molecule has 2 aromatic rings. The van der Waals surface area contributed by atoms with E-state index >= 15 is 0 Å². The summed E-state index contributed by atoms with van der Waals surface area (Å²) in [5.74, 6) is -0.219. The van der Waals surface area contributed by atoms with E-state index in [-0.39, 0.29) is 17.9 Å². The topological polar surface area (TPSA) is 66.5 Å². The van der Waals surface area contributed by atoms with E-state index in [1.165, 1.54) is 4.31 Å². The normalized spacial score (nSPS) is 17.0. The van der Waals surface area contributed by atoms with Gasteiger partial charge in [-0.2, -0.15) is 4.31 Å². The van der Waals surface area contributed by atoms with Crippen molar-refractivity contribution in [1.29, 1.82) is 0 Å². The van der Waals surface area contributed by atoms with Gasteiger partial charge in [0.05, 0.1) is 10.9 Å². The monoisotopic (exact) mass is 448 g/mol. The molecule has 1 saturated heterocycles. The van der Waals surface area contributed by atoms with Gasteiger partial charge in [0, 0.05) is 24.0 Å². The molecule has 7 heteroatoms. The van der Waals surface area contributed by atoms with Crippen molar-refractivity contribution in [2.24, 2.45) is 5.92 Å². The molecule has 0 saturated carbocycles. The van der Waals surface area contributed by atoms with Crippen molar-refractivity contribution in [2.75, 3.05) is 13.1 Å². The molecule has 1 aliphatic heterocycles. The molecule has 1 heterocycles. The Bertz CT molecular complexity index is 1000. The zero-order valence-electron chi connectivity index (χ0n) is 17.9.